The van der Waals surface area contributed by atoms with Gasteiger partial charge in [0, 0.05) is 18.8 Å². The molecule has 2 amide bonds. The molecule has 0 atom stereocenters. The summed E-state index contributed by atoms with van der Waals surface area (Å²) in [7, 11) is 0. The van der Waals surface area contributed by atoms with Crippen LogP contribution in [0.25, 0.3) is 6.08 Å². The molecule has 28 heavy (non-hydrogen) atoms. The maximum absolute atomic E-state index is 13.0. The second-order valence-electron chi connectivity index (χ2n) is 6.93. The number of anilines is 2. The van der Waals surface area contributed by atoms with Crippen molar-refractivity contribution in [3.8, 4) is 0 Å². The predicted octanol–water partition coefficient (Wildman–Crippen LogP) is 3.51. The lowest BCUT2D eigenvalue weighted by Crippen LogP contribution is -2.54. The van der Waals surface area contributed by atoms with Gasteiger partial charge in [-0.05, 0) is 67.4 Å². The number of amides is 2. The van der Waals surface area contributed by atoms with Crippen molar-refractivity contribution in [3.05, 3.63) is 65.7 Å². The number of hydrogen-bond acceptors (Lipinski definition) is 4. The molecule has 2 aliphatic rings. The lowest BCUT2D eigenvalue weighted by Gasteiger charge is -2.29. The van der Waals surface area contributed by atoms with E-state index in [1.54, 1.807) is 18.2 Å². The molecule has 4 rings (SSSR count). The molecular formula is C22H21N3O2S. The average Bonchev–Trinajstić information content (AvgIpc) is 2.73. The van der Waals surface area contributed by atoms with Crippen molar-refractivity contribution >= 4 is 46.6 Å². The van der Waals surface area contributed by atoms with Crippen molar-refractivity contribution < 1.29 is 9.59 Å². The highest BCUT2D eigenvalue weighted by atomic mass is 32.1. The number of nitrogens with zero attached hydrogens (tertiary/aromatic N) is 2. The van der Waals surface area contributed by atoms with Crippen molar-refractivity contribution in [1.29, 1.82) is 0 Å². The van der Waals surface area contributed by atoms with Gasteiger partial charge in [0.2, 0.25) is 0 Å². The first kappa shape index (κ1) is 18.4. The molecule has 2 aliphatic heterocycles. The Kier molecular flexibility index (Phi) is 5.21. The number of nitrogens with one attached hydrogen (secondary N) is 1. The molecule has 0 aliphatic carbocycles. The Hall–Kier alpha value is -2.99. The zero-order chi connectivity index (χ0) is 19.5. The third-order valence-electron chi connectivity index (χ3n) is 5.04. The van der Waals surface area contributed by atoms with Gasteiger partial charge in [-0.3, -0.25) is 19.8 Å². The quantitative estimate of drug-likeness (QED) is 0.494. The van der Waals surface area contributed by atoms with Crippen molar-refractivity contribution in [2.75, 3.05) is 22.9 Å². The molecular weight excluding hydrogens is 370 g/mol. The Morgan fingerprint density at radius 1 is 0.857 bits per heavy atom. The molecule has 0 saturated carbocycles. The van der Waals surface area contributed by atoms with Crippen molar-refractivity contribution in [3.63, 3.8) is 0 Å². The number of rotatable bonds is 3. The molecule has 0 spiro atoms. The Bertz CT molecular complexity index is 932. The molecule has 2 fully saturated rings. The minimum Gasteiger partial charge on any atom is -0.372 e. The summed E-state index contributed by atoms with van der Waals surface area (Å²) >= 11 is 5.21. The van der Waals surface area contributed by atoms with Crippen LogP contribution in [0.3, 0.4) is 0 Å². The zero-order valence-corrected chi connectivity index (χ0v) is 16.2. The molecule has 2 heterocycles. The summed E-state index contributed by atoms with van der Waals surface area (Å²) in [6.07, 6.45) is 5.35. The number of thiocarbonyl (C=S) groups is 1. The topological polar surface area (TPSA) is 52.7 Å². The van der Waals surface area contributed by atoms with Crippen LogP contribution in [0.5, 0.6) is 0 Å². The molecule has 0 radical (unpaired) electrons. The van der Waals surface area contributed by atoms with Gasteiger partial charge in [-0.25, -0.2) is 0 Å². The Morgan fingerprint density at radius 2 is 1.54 bits per heavy atom. The molecule has 5 nitrogen and oxygen atoms in total. The maximum Gasteiger partial charge on any atom is 0.270 e. The largest absolute Gasteiger partial charge is 0.372 e. The van der Waals surface area contributed by atoms with Crippen LogP contribution in [-0.4, -0.2) is 30.0 Å². The molecule has 2 aromatic carbocycles. The van der Waals surface area contributed by atoms with E-state index in [9.17, 15) is 9.59 Å². The number of piperidine rings is 1. The highest BCUT2D eigenvalue weighted by molar-refractivity contribution is 7.80. The monoisotopic (exact) mass is 391 g/mol. The van der Waals surface area contributed by atoms with E-state index in [4.69, 9.17) is 12.2 Å². The van der Waals surface area contributed by atoms with Crippen LogP contribution in [0.2, 0.25) is 0 Å². The van der Waals surface area contributed by atoms with E-state index in [2.05, 4.69) is 10.2 Å². The standard InChI is InChI=1S/C22H21N3O2S/c26-20-19(21(27)25(22(28)23-20)18-7-3-1-4-8-18)15-16-9-11-17(12-10-16)24-13-5-2-6-14-24/h1,3-4,7-12,15H,2,5-6,13-14H2,(H,23,26,28)/b19-15+. The van der Waals surface area contributed by atoms with E-state index in [1.807, 2.05) is 42.5 Å². The van der Waals surface area contributed by atoms with E-state index in [-0.39, 0.29) is 10.7 Å². The minimum absolute atomic E-state index is 0.0724. The molecule has 2 aromatic rings. The van der Waals surface area contributed by atoms with E-state index < -0.39 is 11.8 Å². The molecule has 1 N–H and O–H groups in total. The van der Waals surface area contributed by atoms with Gasteiger partial charge in [0.05, 0.1) is 5.69 Å². The summed E-state index contributed by atoms with van der Waals surface area (Å²) in [5.41, 5.74) is 2.68. The highest BCUT2D eigenvalue weighted by Gasteiger charge is 2.34. The Morgan fingerprint density at radius 3 is 2.21 bits per heavy atom. The van der Waals surface area contributed by atoms with Crippen LogP contribution in [0.15, 0.2) is 60.2 Å². The van der Waals surface area contributed by atoms with Crippen molar-refractivity contribution in [1.82, 2.24) is 5.32 Å². The average molecular weight is 391 g/mol. The number of benzene rings is 2. The minimum atomic E-state index is -0.470. The fourth-order valence-corrected chi connectivity index (χ4v) is 3.85. The van der Waals surface area contributed by atoms with Gasteiger partial charge in [0.1, 0.15) is 5.57 Å². The number of para-hydroxylation sites is 1. The summed E-state index contributed by atoms with van der Waals surface area (Å²) in [4.78, 5) is 29.1. The van der Waals surface area contributed by atoms with Gasteiger partial charge < -0.3 is 4.90 Å². The fraction of sp³-hybridized carbons (Fsp3) is 0.227. The zero-order valence-electron chi connectivity index (χ0n) is 15.4. The van der Waals surface area contributed by atoms with Gasteiger partial charge in [-0.1, -0.05) is 30.3 Å². The van der Waals surface area contributed by atoms with E-state index in [0.717, 1.165) is 18.7 Å². The van der Waals surface area contributed by atoms with Crippen LogP contribution < -0.4 is 15.1 Å². The highest BCUT2D eigenvalue weighted by Crippen LogP contribution is 2.24. The third kappa shape index (κ3) is 3.68. The van der Waals surface area contributed by atoms with E-state index >= 15 is 0 Å². The smallest absolute Gasteiger partial charge is 0.270 e. The van der Waals surface area contributed by atoms with Crippen LogP contribution >= 0.6 is 12.2 Å². The van der Waals surface area contributed by atoms with Gasteiger partial charge >= 0.3 is 0 Å². The predicted molar refractivity (Wildman–Crippen MR) is 115 cm³/mol. The lowest BCUT2D eigenvalue weighted by molar-refractivity contribution is -0.122. The van der Waals surface area contributed by atoms with Crippen molar-refractivity contribution in [2.24, 2.45) is 0 Å². The normalized spacial score (nSPS) is 19.1. The van der Waals surface area contributed by atoms with Crippen LogP contribution in [0, 0.1) is 0 Å². The molecule has 6 heteroatoms. The van der Waals surface area contributed by atoms with Crippen molar-refractivity contribution in [2.45, 2.75) is 19.3 Å². The fourth-order valence-electron chi connectivity index (χ4n) is 3.57. The summed E-state index contributed by atoms with van der Waals surface area (Å²) in [6.45, 7) is 2.15. The number of hydrogen-bond donors (Lipinski definition) is 1. The first-order chi connectivity index (χ1) is 13.6. The van der Waals surface area contributed by atoms with E-state index in [1.165, 1.54) is 29.8 Å². The maximum atomic E-state index is 13.0. The summed E-state index contributed by atoms with van der Waals surface area (Å²) in [6, 6.07) is 17.0. The second kappa shape index (κ2) is 7.94. The molecule has 142 valence electrons. The van der Waals surface area contributed by atoms with Crippen LogP contribution in [0.1, 0.15) is 24.8 Å². The molecule has 2 saturated heterocycles. The van der Waals surface area contributed by atoms with Gasteiger partial charge in [-0.2, -0.15) is 0 Å². The Balaban J connectivity index is 1.59. The summed E-state index contributed by atoms with van der Waals surface area (Å²) in [5.74, 6) is -0.887. The first-order valence-corrected chi connectivity index (χ1v) is 9.86. The van der Waals surface area contributed by atoms with Gasteiger partial charge in [0.25, 0.3) is 11.8 Å². The Labute approximate surface area is 169 Å². The lowest BCUT2D eigenvalue weighted by atomic mass is 10.1. The van der Waals surface area contributed by atoms with E-state index in [0.29, 0.717) is 5.69 Å². The first-order valence-electron chi connectivity index (χ1n) is 9.45. The second-order valence-corrected chi connectivity index (χ2v) is 7.32. The third-order valence-corrected chi connectivity index (χ3v) is 5.33. The summed E-state index contributed by atoms with van der Waals surface area (Å²) < 4.78 is 0. The SMILES string of the molecule is O=C1NC(=S)N(c2ccccc2)C(=O)/C1=C/c1ccc(N2CCCCC2)cc1. The molecule has 0 aromatic heterocycles. The van der Waals surface area contributed by atoms with Crippen LogP contribution in [-0.2, 0) is 9.59 Å². The van der Waals surface area contributed by atoms with Gasteiger partial charge in [-0.15, -0.1) is 0 Å². The van der Waals surface area contributed by atoms with Crippen LogP contribution in [0.4, 0.5) is 11.4 Å². The molecule has 0 unspecified atom stereocenters. The molecule has 0 bridgehead atoms. The number of carbonyl (C=O) groups is 2. The van der Waals surface area contributed by atoms with Gasteiger partial charge in [0.15, 0.2) is 5.11 Å². The number of carbonyl (C=O) groups excluding carboxylic acids is 2. The summed E-state index contributed by atoms with van der Waals surface area (Å²) in [5, 5.41) is 2.71.